The van der Waals surface area contributed by atoms with E-state index >= 15 is 0 Å². The number of esters is 1. The lowest BCUT2D eigenvalue weighted by molar-refractivity contribution is 0.0597. The summed E-state index contributed by atoms with van der Waals surface area (Å²) in [6.07, 6.45) is 0.490. The molecule has 0 aromatic heterocycles. The molecule has 0 bridgehead atoms. The van der Waals surface area contributed by atoms with Crippen LogP contribution >= 0.6 is 23.2 Å². The Morgan fingerprint density at radius 3 is 2.53 bits per heavy atom. The van der Waals surface area contributed by atoms with E-state index in [9.17, 15) is 9.59 Å². The molecule has 0 saturated carbocycles. The second-order valence-corrected chi connectivity index (χ2v) is 4.38. The first-order valence-corrected chi connectivity index (χ1v) is 5.88. The van der Waals surface area contributed by atoms with E-state index in [4.69, 9.17) is 23.2 Å². The van der Waals surface area contributed by atoms with Gasteiger partial charge in [0.1, 0.15) is 0 Å². The van der Waals surface area contributed by atoms with Crippen LogP contribution in [-0.2, 0) is 4.74 Å². The molecule has 0 aliphatic carbocycles. The lowest BCUT2D eigenvalue weighted by Crippen LogP contribution is -2.18. The third kappa shape index (κ3) is 3.20. The van der Waals surface area contributed by atoms with Crippen LogP contribution in [-0.4, -0.2) is 24.2 Å². The van der Waals surface area contributed by atoms with Gasteiger partial charge in [-0.05, 0) is 24.6 Å². The summed E-state index contributed by atoms with van der Waals surface area (Å²) in [5.41, 5.74) is 0.382. The fourth-order valence-corrected chi connectivity index (χ4v) is 1.65. The van der Waals surface area contributed by atoms with E-state index in [2.05, 4.69) is 4.74 Å². The van der Waals surface area contributed by atoms with Gasteiger partial charge < -0.3 is 4.74 Å². The zero-order valence-corrected chi connectivity index (χ0v) is 11.0. The maximum Gasteiger partial charge on any atom is 0.338 e. The molecule has 1 unspecified atom stereocenters. The minimum absolute atomic E-state index is 0.143. The molecule has 0 aliphatic heterocycles. The van der Waals surface area contributed by atoms with Gasteiger partial charge in [-0.25, -0.2) is 4.79 Å². The van der Waals surface area contributed by atoms with Gasteiger partial charge in [-0.1, -0.05) is 18.5 Å². The highest BCUT2D eigenvalue weighted by Gasteiger charge is 2.22. The predicted molar refractivity (Wildman–Crippen MR) is 67.1 cm³/mol. The van der Waals surface area contributed by atoms with Gasteiger partial charge in [0.25, 0.3) is 0 Å². The van der Waals surface area contributed by atoms with Crippen LogP contribution in [0.4, 0.5) is 0 Å². The maximum absolute atomic E-state index is 11.9. The highest BCUT2D eigenvalue weighted by atomic mass is 35.5. The molecule has 0 radical (unpaired) electrons. The van der Waals surface area contributed by atoms with Crippen molar-refractivity contribution in [2.75, 3.05) is 7.11 Å². The molecule has 1 rings (SSSR count). The first-order chi connectivity index (χ1) is 8.01. The minimum Gasteiger partial charge on any atom is -0.465 e. The van der Waals surface area contributed by atoms with Gasteiger partial charge in [0.2, 0.25) is 0 Å². The Bertz CT molecular complexity index is 443. The number of carbonyl (C=O) groups excluding carboxylic acids is 2. The van der Waals surface area contributed by atoms with Crippen molar-refractivity contribution in [2.45, 2.75) is 18.7 Å². The number of halogens is 2. The van der Waals surface area contributed by atoms with Gasteiger partial charge in [-0.3, -0.25) is 4.79 Å². The quantitative estimate of drug-likeness (QED) is 0.481. The van der Waals surface area contributed by atoms with Crippen LogP contribution in [0.15, 0.2) is 18.2 Å². The molecule has 1 atom stereocenters. The number of ether oxygens (including phenoxy) is 1. The molecule has 92 valence electrons. The van der Waals surface area contributed by atoms with E-state index < -0.39 is 11.3 Å². The molecule has 0 amide bonds. The molecule has 0 heterocycles. The topological polar surface area (TPSA) is 43.4 Å². The number of hydrogen-bond acceptors (Lipinski definition) is 3. The Morgan fingerprint density at radius 2 is 2.00 bits per heavy atom. The summed E-state index contributed by atoms with van der Waals surface area (Å²) in [5, 5.41) is -0.288. The van der Waals surface area contributed by atoms with Crippen molar-refractivity contribution in [1.82, 2.24) is 0 Å². The summed E-state index contributed by atoms with van der Waals surface area (Å²) in [7, 11) is 1.25. The third-order valence-electron chi connectivity index (χ3n) is 2.30. The molecule has 1 aromatic carbocycles. The number of benzene rings is 1. The molecule has 0 spiro atoms. The largest absolute Gasteiger partial charge is 0.465 e. The molecule has 0 N–H and O–H groups in total. The van der Waals surface area contributed by atoms with Crippen LogP contribution in [0.3, 0.4) is 0 Å². The summed E-state index contributed by atoms with van der Waals surface area (Å²) in [6.45, 7) is 1.79. The number of Topliss-reactive ketones (excluding diaryl/α,β-unsaturated/α-hetero) is 1. The smallest absolute Gasteiger partial charge is 0.338 e. The number of ketones is 1. The lowest BCUT2D eigenvalue weighted by atomic mass is 10.0. The third-order valence-corrected chi connectivity index (χ3v) is 3.04. The predicted octanol–water partition coefficient (Wildman–Crippen LogP) is 3.33. The molecule has 1 aromatic rings. The first kappa shape index (κ1) is 14.0. The SMILES string of the molecule is CCC(Cl)C(=O)c1ccc(Cl)cc1C(=O)OC. The summed E-state index contributed by atoms with van der Waals surface area (Å²) in [4.78, 5) is 23.5. The van der Waals surface area contributed by atoms with Crippen LogP contribution in [0.5, 0.6) is 0 Å². The fourth-order valence-electron chi connectivity index (χ4n) is 1.36. The Morgan fingerprint density at radius 1 is 1.35 bits per heavy atom. The van der Waals surface area contributed by atoms with Crippen molar-refractivity contribution < 1.29 is 14.3 Å². The Balaban J connectivity index is 3.23. The molecule has 3 nitrogen and oxygen atoms in total. The second kappa shape index (κ2) is 6.03. The summed E-state index contributed by atoms with van der Waals surface area (Å²) in [6, 6.07) is 4.43. The average Bonchev–Trinajstić information content (AvgIpc) is 2.35. The van der Waals surface area contributed by atoms with E-state index in [0.717, 1.165) is 0 Å². The van der Waals surface area contributed by atoms with Gasteiger partial charge in [0, 0.05) is 10.6 Å². The summed E-state index contributed by atoms with van der Waals surface area (Å²) in [5.74, 6) is -0.901. The Labute approximate surface area is 110 Å². The van der Waals surface area contributed by atoms with Crippen LogP contribution < -0.4 is 0 Å². The van der Waals surface area contributed by atoms with Crippen LogP contribution in [0, 0.1) is 0 Å². The molecule has 17 heavy (non-hydrogen) atoms. The highest BCUT2D eigenvalue weighted by Crippen LogP contribution is 2.20. The molecule has 0 fully saturated rings. The van der Waals surface area contributed by atoms with E-state index in [-0.39, 0.29) is 16.9 Å². The van der Waals surface area contributed by atoms with E-state index in [0.29, 0.717) is 11.4 Å². The van der Waals surface area contributed by atoms with Crippen molar-refractivity contribution >= 4 is 35.0 Å². The normalized spacial score (nSPS) is 12.0. The Kier molecular flexibility index (Phi) is 4.97. The molecular weight excluding hydrogens is 263 g/mol. The molecule has 0 saturated heterocycles. The van der Waals surface area contributed by atoms with Crippen molar-refractivity contribution in [3.63, 3.8) is 0 Å². The van der Waals surface area contributed by atoms with Gasteiger partial charge in [-0.15, -0.1) is 11.6 Å². The molecule has 5 heteroatoms. The van der Waals surface area contributed by atoms with Crippen molar-refractivity contribution in [3.05, 3.63) is 34.3 Å². The second-order valence-electron chi connectivity index (χ2n) is 3.42. The van der Waals surface area contributed by atoms with Crippen LogP contribution in [0.25, 0.3) is 0 Å². The van der Waals surface area contributed by atoms with Gasteiger partial charge >= 0.3 is 5.97 Å². The maximum atomic E-state index is 11.9. The van der Waals surface area contributed by atoms with E-state index in [1.807, 2.05) is 0 Å². The lowest BCUT2D eigenvalue weighted by Gasteiger charge is -2.10. The van der Waals surface area contributed by atoms with Gasteiger partial charge in [0.15, 0.2) is 5.78 Å². The van der Waals surface area contributed by atoms with E-state index in [1.54, 1.807) is 13.0 Å². The van der Waals surface area contributed by atoms with Gasteiger partial charge in [-0.2, -0.15) is 0 Å². The van der Waals surface area contributed by atoms with Crippen molar-refractivity contribution in [2.24, 2.45) is 0 Å². The molecule has 0 aliphatic rings. The average molecular weight is 275 g/mol. The zero-order chi connectivity index (χ0) is 13.0. The fraction of sp³-hybridized carbons (Fsp3) is 0.333. The van der Waals surface area contributed by atoms with Crippen LogP contribution in [0.1, 0.15) is 34.1 Å². The molecular formula is C12H12Cl2O3. The van der Waals surface area contributed by atoms with Crippen LogP contribution in [0.2, 0.25) is 5.02 Å². The standard InChI is InChI=1S/C12H12Cl2O3/c1-3-10(14)11(15)8-5-4-7(13)6-9(8)12(16)17-2/h4-6,10H,3H2,1-2H3. The summed E-state index contributed by atoms with van der Waals surface area (Å²) < 4.78 is 4.60. The number of carbonyl (C=O) groups is 2. The minimum atomic E-state index is -0.653. The number of hydrogen-bond donors (Lipinski definition) is 0. The monoisotopic (exact) mass is 274 g/mol. The Hall–Kier alpha value is -1.06. The highest BCUT2D eigenvalue weighted by molar-refractivity contribution is 6.35. The van der Waals surface area contributed by atoms with E-state index in [1.165, 1.54) is 19.2 Å². The van der Waals surface area contributed by atoms with Crippen molar-refractivity contribution in [1.29, 1.82) is 0 Å². The zero-order valence-electron chi connectivity index (χ0n) is 9.50. The summed E-state index contributed by atoms with van der Waals surface area (Å²) >= 11 is 11.7. The number of rotatable bonds is 4. The number of methoxy groups -OCH3 is 1. The first-order valence-electron chi connectivity index (χ1n) is 5.07. The van der Waals surface area contributed by atoms with Crippen molar-refractivity contribution in [3.8, 4) is 0 Å². The number of alkyl halides is 1. The van der Waals surface area contributed by atoms with Gasteiger partial charge in [0.05, 0.1) is 18.1 Å².